The summed E-state index contributed by atoms with van der Waals surface area (Å²) in [7, 11) is 0. The number of carbonyl (C=O) groups excluding carboxylic acids is 1. The van der Waals surface area contributed by atoms with Gasteiger partial charge in [0.25, 0.3) is 0 Å². The number of rotatable bonds is 0. The molecular weight excluding hydrogens is 188 g/mol. The Hall–Kier alpha value is -1.57. The van der Waals surface area contributed by atoms with Crippen LogP contribution in [0.3, 0.4) is 0 Å². The highest BCUT2D eigenvalue weighted by Gasteiger charge is 2.38. The maximum Gasteiger partial charge on any atom is 0.314 e. The molecule has 2 atom stereocenters. The topological polar surface area (TPSA) is 26.3 Å². The van der Waals surface area contributed by atoms with Gasteiger partial charge in [0.2, 0.25) is 0 Å². The Bertz CT molecular complexity index is 446. The summed E-state index contributed by atoms with van der Waals surface area (Å²) < 4.78 is 5.41. The van der Waals surface area contributed by atoms with Crippen molar-refractivity contribution in [3.8, 4) is 0 Å². The molecule has 76 valence electrons. The number of benzene rings is 1. The van der Waals surface area contributed by atoms with Crippen molar-refractivity contribution in [1.82, 2.24) is 0 Å². The van der Waals surface area contributed by atoms with Crippen molar-refractivity contribution >= 4 is 5.97 Å². The van der Waals surface area contributed by atoms with E-state index in [4.69, 9.17) is 4.74 Å². The molecule has 2 heteroatoms. The second kappa shape index (κ2) is 2.96. The van der Waals surface area contributed by atoms with Crippen molar-refractivity contribution < 1.29 is 9.53 Å². The first-order valence-corrected chi connectivity index (χ1v) is 5.21. The Balaban J connectivity index is 2.21. The van der Waals surface area contributed by atoms with E-state index in [9.17, 15) is 4.79 Å². The maximum atomic E-state index is 11.7. The van der Waals surface area contributed by atoms with Gasteiger partial charge in [-0.05, 0) is 17.5 Å². The predicted molar refractivity (Wildman–Crippen MR) is 56.4 cm³/mol. The van der Waals surface area contributed by atoms with Crippen LogP contribution < -0.4 is 0 Å². The maximum absolute atomic E-state index is 11.7. The van der Waals surface area contributed by atoms with E-state index in [-0.39, 0.29) is 18.0 Å². The van der Waals surface area contributed by atoms with Crippen molar-refractivity contribution in [3.05, 3.63) is 47.5 Å². The van der Waals surface area contributed by atoms with Crippen LogP contribution in [0.4, 0.5) is 0 Å². The molecule has 1 aromatic rings. The van der Waals surface area contributed by atoms with Gasteiger partial charge in [-0.3, -0.25) is 4.79 Å². The first-order chi connectivity index (χ1) is 7.25. The minimum absolute atomic E-state index is 0.0858. The van der Waals surface area contributed by atoms with Crippen LogP contribution in [0.2, 0.25) is 0 Å². The van der Waals surface area contributed by atoms with Gasteiger partial charge >= 0.3 is 5.97 Å². The molecule has 0 aromatic heterocycles. The van der Waals surface area contributed by atoms with Crippen molar-refractivity contribution in [2.75, 3.05) is 0 Å². The molecule has 0 unspecified atom stereocenters. The Morgan fingerprint density at radius 2 is 1.93 bits per heavy atom. The lowest BCUT2D eigenvalue weighted by Crippen LogP contribution is -2.23. The third kappa shape index (κ3) is 1.21. The molecule has 0 radical (unpaired) electrons. The molecule has 4 rings (SSSR count). The van der Waals surface area contributed by atoms with Crippen LogP contribution in [0.15, 0.2) is 36.4 Å². The van der Waals surface area contributed by atoms with E-state index in [0.29, 0.717) is 0 Å². The molecule has 15 heavy (non-hydrogen) atoms. The summed E-state index contributed by atoms with van der Waals surface area (Å²) in [6.45, 7) is 4.00. The van der Waals surface area contributed by atoms with Crippen molar-refractivity contribution in [2.24, 2.45) is 0 Å². The van der Waals surface area contributed by atoms with E-state index in [1.54, 1.807) is 0 Å². The van der Waals surface area contributed by atoms with Gasteiger partial charge in [-0.25, -0.2) is 0 Å². The highest BCUT2D eigenvalue weighted by atomic mass is 16.5. The largest absolute Gasteiger partial charge is 0.457 e. The smallest absolute Gasteiger partial charge is 0.314 e. The van der Waals surface area contributed by atoms with E-state index in [1.807, 2.05) is 18.2 Å². The standard InChI is InChI=1S/C13H12O2/c1-8-6-11-9-4-2-3-5-10(9)12(7-8)15-13(11)14/h2-5,11-12H,1,6-7H2/t11-,12+/m0/s1. The van der Waals surface area contributed by atoms with Gasteiger partial charge in [-0.1, -0.05) is 36.4 Å². The molecule has 0 amide bonds. The molecule has 0 N–H and O–H groups in total. The molecule has 1 aliphatic carbocycles. The normalized spacial score (nSPS) is 28.3. The first kappa shape index (κ1) is 8.72. The molecule has 2 nitrogen and oxygen atoms in total. The summed E-state index contributed by atoms with van der Waals surface area (Å²) in [5.74, 6) is -0.204. The highest BCUT2D eigenvalue weighted by Crippen LogP contribution is 2.44. The summed E-state index contributed by atoms with van der Waals surface area (Å²) in [5.41, 5.74) is 3.42. The van der Waals surface area contributed by atoms with Crippen LogP contribution in [0.5, 0.6) is 0 Å². The van der Waals surface area contributed by atoms with Crippen LogP contribution in [0.25, 0.3) is 0 Å². The SMILES string of the molecule is C=C1C[C@@H]2C(=O)O[C@H](C1)c1ccccc12. The fourth-order valence-electron chi connectivity index (χ4n) is 2.51. The molecule has 2 bridgehead atoms. The summed E-state index contributed by atoms with van der Waals surface area (Å²) >= 11 is 0. The number of fused-ring (bicyclic) bond motifs is 3. The van der Waals surface area contributed by atoms with Gasteiger partial charge in [0.15, 0.2) is 0 Å². The predicted octanol–water partition coefficient (Wildman–Crippen LogP) is 2.72. The quantitative estimate of drug-likeness (QED) is 0.475. The molecule has 0 saturated carbocycles. The van der Waals surface area contributed by atoms with Crippen LogP contribution >= 0.6 is 0 Å². The highest BCUT2D eigenvalue weighted by molar-refractivity contribution is 5.81. The zero-order chi connectivity index (χ0) is 10.4. The summed E-state index contributed by atoms with van der Waals surface area (Å²) in [6.07, 6.45) is 1.42. The number of carbonyl (C=O) groups is 1. The second-order valence-corrected chi connectivity index (χ2v) is 4.27. The Labute approximate surface area is 88.6 Å². The fraction of sp³-hybridized carbons (Fsp3) is 0.308. The van der Waals surface area contributed by atoms with Gasteiger partial charge < -0.3 is 4.74 Å². The monoisotopic (exact) mass is 200 g/mol. The van der Waals surface area contributed by atoms with Gasteiger partial charge in [0.05, 0.1) is 5.92 Å². The Morgan fingerprint density at radius 1 is 1.20 bits per heavy atom. The van der Waals surface area contributed by atoms with Crippen LogP contribution in [-0.2, 0) is 9.53 Å². The van der Waals surface area contributed by atoms with E-state index in [2.05, 4.69) is 12.6 Å². The van der Waals surface area contributed by atoms with Crippen molar-refractivity contribution in [2.45, 2.75) is 24.9 Å². The molecule has 2 heterocycles. The van der Waals surface area contributed by atoms with Crippen molar-refractivity contribution in [3.63, 3.8) is 0 Å². The number of hydrogen-bond donors (Lipinski definition) is 0. The molecule has 1 fully saturated rings. The molecule has 0 spiro atoms. The van der Waals surface area contributed by atoms with Gasteiger partial charge in [-0.15, -0.1) is 0 Å². The van der Waals surface area contributed by atoms with E-state index in [0.717, 1.165) is 24.0 Å². The number of ether oxygens (including phenoxy) is 1. The van der Waals surface area contributed by atoms with Crippen LogP contribution in [-0.4, -0.2) is 5.97 Å². The zero-order valence-electron chi connectivity index (χ0n) is 8.40. The average Bonchev–Trinajstić information content (AvgIpc) is 2.45. The Morgan fingerprint density at radius 3 is 2.73 bits per heavy atom. The van der Waals surface area contributed by atoms with Crippen molar-refractivity contribution in [1.29, 1.82) is 0 Å². The second-order valence-electron chi connectivity index (χ2n) is 4.27. The van der Waals surface area contributed by atoms with E-state index in [1.165, 1.54) is 5.56 Å². The third-order valence-electron chi connectivity index (χ3n) is 3.23. The van der Waals surface area contributed by atoms with Gasteiger partial charge in [0.1, 0.15) is 6.10 Å². The lowest BCUT2D eigenvalue weighted by molar-refractivity contribution is -0.151. The summed E-state index contributed by atoms with van der Waals surface area (Å²) in [6, 6.07) is 8.07. The third-order valence-corrected chi connectivity index (χ3v) is 3.23. The number of hydrogen-bond acceptors (Lipinski definition) is 2. The molecule has 3 aliphatic rings. The molecule has 1 saturated heterocycles. The lowest BCUT2D eigenvalue weighted by Gasteiger charge is -2.26. The molecular formula is C13H12O2. The average molecular weight is 200 g/mol. The van der Waals surface area contributed by atoms with Gasteiger partial charge in [0, 0.05) is 6.42 Å². The minimum atomic E-state index is -0.118. The summed E-state index contributed by atoms with van der Waals surface area (Å²) in [4.78, 5) is 11.7. The Kier molecular flexibility index (Phi) is 1.72. The lowest BCUT2D eigenvalue weighted by atomic mass is 9.90. The first-order valence-electron chi connectivity index (χ1n) is 5.21. The van der Waals surface area contributed by atoms with Crippen LogP contribution in [0, 0.1) is 0 Å². The molecule has 1 aromatic carbocycles. The fourth-order valence-corrected chi connectivity index (χ4v) is 2.51. The van der Waals surface area contributed by atoms with Gasteiger partial charge in [-0.2, -0.15) is 0 Å². The van der Waals surface area contributed by atoms with E-state index < -0.39 is 0 Å². The molecule has 2 aliphatic heterocycles. The number of esters is 1. The zero-order valence-corrected chi connectivity index (χ0v) is 8.40. The summed E-state index contributed by atoms with van der Waals surface area (Å²) in [5, 5.41) is 0. The van der Waals surface area contributed by atoms with E-state index >= 15 is 0 Å². The van der Waals surface area contributed by atoms with Crippen LogP contribution in [0.1, 0.15) is 36.0 Å². The minimum Gasteiger partial charge on any atom is -0.457 e.